The molecule has 0 saturated carbocycles. The summed E-state index contributed by atoms with van der Waals surface area (Å²) in [5.74, 6) is 0. The number of aliphatic hydroxyl groups is 2. The molecule has 0 aromatic carbocycles. The first kappa shape index (κ1) is 8.13. The van der Waals surface area contributed by atoms with E-state index < -0.39 is 12.3 Å². The lowest BCUT2D eigenvalue weighted by Crippen LogP contribution is -2.26. The average molecular weight is 154 g/mol. The number of nitrogens with zero attached hydrogens (tertiary/aromatic N) is 1. The van der Waals surface area contributed by atoms with Crippen molar-refractivity contribution in [3.8, 4) is 0 Å². The van der Waals surface area contributed by atoms with E-state index in [-0.39, 0.29) is 0 Å². The molecule has 4 heteroatoms. The highest BCUT2D eigenvalue weighted by atomic mass is 16.5. The van der Waals surface area contributed by atoms with Gasteiger partial charge in [-0.2, -0.15) is 0 Å². The highest BCUT2D eigenvalue weighted by Gasteiger charge is 2.13. The Morgan fingerprint density at radius 2 is 2.09 bits per heavy atom. The van der Waals surface area contributed by atoms with Crippen LogP contribution in [0.15, 0.2) is 24.4 Å². The molecule has 60 valence electrons. The van der Waals surface area contributed by atoms with Crippen LogP contribution in [0, 0.1) is 0 Å². The maximum absolute atomic E-state index is 8.66. The summed E-state index contributed by atoms with van der Waals surface area (Å²) < 4.78 is 0. The van der Waals surface area contributed by atoms with Gasteiger partial charge < -0.3 is 15.9 Å². The van der Waals surface area contributed by atoms with Gasteiger partial charge in [0.15, 0.2) is 6.29 Å². The van der Waals surface area contributed by atoms with Gasteiger partial charge in [-0.25, -0.2) is 0 Å². The van der Waals surface area contributed by atoms with Crippen molar-refractivity contribution in [2.45, 2.75) is 12.3 Å². The zero-order valence-electron chi connectivity index (χ0n) is 5.88. The summed E-state index contributed by atoms with van der Waals surface area (Å²) in [5, 5.41) is 17.3. The minimum atomic E-state index is -1.55. The maximum Gasteiger partial charge on any atom is 0.172 e. The fourth-order valence-corrected chi connectivity index (χ4v) is 0.726. The van der Waals surface area contributed by atoms with Crippen LogP contribution in [0.4, 0.5) is 0 Å². The summed E-state index contributed by atoms with van der Waals surface area (Å²) in [7, 11) is 0. The van der Waals surface area contributed by atoms with Crippen molar-refractivity contribution in [3.05, 3.63) is 30.1 Å². The largest absolute Gasteiger partial charge is 0.366 e. The van der Waals surface area contributed by atoms with Crippen molar-refractivity contribution in [2.75, 3.05) is 0 Å². The number of nitrogens with two attached hydrogens (primary N) is 1. The second-order valence-corrected chi connectivity index (χ2v) is 2.19. The van der Waals surface area contributed by atoms with Crippen LogP contribution in [-0.4, -0.2) is 21.5 Å². The van der Waals surface area contributed by atoms with Gasteiger partial charge in [-0.1, -0.05) is 6.07 Å². The lowest BCUT2D eigenvalue weighted by atomic mass is 10.2. The van der Waals surface area contributed by atoms with Crippen LogP contribution in [0.5, 0.6) is 0 Å². The third-order valence-electron chi connectivity index (χ3n) is 1.35. The first-order valence-electron chi connectivity index (χ1n) is 3.24. The van der Waals surface area contributed by atoms with E-state index in [1.165, 1.54) is 0 Å². The summed E-state index contributed by atoms with van der Waals surface area (Å²) >= 11 is 0. The molecule has 0 bridgehead atoms. The Hall–Kier alpha value is -0.970. The summed E-state index contributed by atoms with van der Waals surface area (Å²) in [6, 6.07) is 4.30. The van der Waals surface area contributed by atoms with E-state index in [9.17, 15) is 0 Å². The van der Waals surface area contributed by atoms with Gasteiger partial charge in [-0.05, 0) is 12.1 Å². The maximum atomic E-state index is 8.66. The van der Waals surface area contributed by atoms with Gasteiger partial charge in [-0.3, -0.25) is 4.98 Å². The number of aromatic nitrogens is 1. The van der Waals surface area contributed by atoms with E-state index in [1.807, 2.05) is 0 Å². The van der Waals surface area contributed by atoms with E-state index in [0.717, 1.165) is 0 Å². The minimum Gasteiger partial charge on any atom is -0.366 e. The molecular weight excluding hydrogens is 144 g/mol. The van der Waals surface area contributed by atoms with Gasteiger partial charge >= 0.3 is 0 Å². The number of hydrogen-bond donors (Lipinski definition) is 3. The number of pyridine rings is 1. The number of rotatable bonds is 2. The molecule has 0 aliphatic heterocycles. The first-order valence-corrected chi connectivity index (χ1v) is 3.24. The highest BCUT2D eigenvalue weighted by molar-refractivity contribution is 5.08. The number of aliphatic hydroxyl groups excluding tert-OH is 1. The monoisotopic (exact) mass is 154 g/mol. The topological polar surface area (TPSA) is 79.4 Å². The van der Waals surface area contributed by atoms with Crippen LogP contribution in [0.25, 0.3) is 0 Å². The van der Waals surface area contributed by atoms with Crippen molar-refractivity contribution < 1.29 is 10.2 Å². The summed E-state index contributed by atoms with van der Waals surface area (Å²) in [5.41, 5.74) is 5.85. The lowest BCUT2D eigenvalue weighted by molar-refractivity contribution is -0.0598. The molecule has 0 spiro atoms. The molecular formula is C7H10N2O2. The molecule has 4 nitrogen and oxygen atoms in total. The SMILES string of the molecule is NC(c1ccccn1)C(O)O. The van der Waals surface area contributed by atoms with E-state index in [1.54, 1.807) is 24.4 Å². The molecule has 0 saturated heterocycles. The van der Waals surface area contributed by atoms with Crippen LogP contribution in [-0.2, 0) is 0 Å². The van der Waals surface area contributed by atoms with Crippen molar-refractivity contribution in [2.24, 2.45) is 5.73 Å². The van der Waals surface area contributed by atoms with Gasteiger partial charge in [0.05, 0.1) is 11.7 Å². The van der Waals surface area contributed by atoms with Gasteiger partial charge in [-0.15, -0.1) is 0 Å². The van der Waals surface area contributed by atoms with E-state index in [2.05, 4.69) is 4.98 Å². The van der Waals surface area contributed by atoms with Crippen LogP contribution in [0.1, 0.15) is 11.7 Å². The Labute approximate surface area is 64.3 Å². The second-order valence-electron chi connectivity index (χ2n) is 2.19. The first-order chi connectivity index (χ1) is 5.22. The molecule has 1 aromatic heterocycles. The lowest BCUT2D eigenvalue weighted by Gasteiger charge is -2.11. The molecule has 0 radical (unpaired) electrons. The van der Waals surface area contributed by atoms with E-state index in [0.29, 0.717) is 5.69 Å². The molecule has 1 aromatic rings. The van der Waals surface area contributed by atoms with Crippen LogP contribution in [0.3, 0.4) is 0 Å². The predicted molar refractivity (Wildman–Crippen MR) is 39.4 cm³/mol. The third kappa shape index (κ3) is 1.98. The Morgan fingerprint density at radius 3 is 2.55 bits per heavy atom. The average Bonchev–Trinajstić information content (AvgIpc) is 2.05. The van der Waals surface area contributed by atoms with Crippen molar-refractivity contribution in [1.29, 1.82) is 0 Å². The Balaban J connectivity index is 2.77. The third-order valence-corrected chi connectivity index (χ3v) is 1.35. The Morgan fingerprint density at radius 1 is 1.36 bits per heavy atom. The van der Waals surface area contributed by atoms with Crippen molar-refractivity contribution in [1.82, 2.24) is 4.98 Å². The predicted octanol–water partition coefficient (Wildman–Crippen LogP) is -0.608. The van der Waals surface area contributed by atoms with E-state index in [4.69, 9.17) is 15.9 Å². The van der Waals surface area contributed by atoms with Gasteiger partial charge in [0.1, 0.15) is 0 Å². The zero-order chi connectivity index (χ0) is 8.27. The van der Waals surface area contributed by atoms with Gasteiger partial charge in [0, 0.05) is 6.20 Å². The quantitative estimate of drug-likeness (QED) is 0.496. The second kappa shape index (κ2) is 3.43. The minimum absolute atomic E-state index is 0.475. The molecule has 4 N–H and O–H groups in total. The van der Waals surface area contributed by atoms with E-state index >= 15 is 0 Å². The van der Waals surface area contributed by atoms with Crippen molar-refractivity contribution >= 4 is 0 Å². The standard InChI is InChI=1S/C7H10N2O2/c8-6(7(10)11)5-3-1-2-4-9-5/h1-4,6-7,10-11H,8H2. The summed E-state index contributed by atoms with van der Waals surface area (Å²) in [4.78, 5) is 3.85. The molecule has 0 fully saturated rings. The Kier molecular flexibility index (Phi) is 2.53. The zero-order valence-corrected chi connectivity index (χ0v) is 5.88. The molecule has 11 heavy (non-hydrogen) atoms. The van der Waals surface area contributed by atoms with Gasteiger partial charge in [0.25, 0.3) is 0 Å². The van der Waals surface area contributed by atoms with Crippen molar-refractivity contribution in [3.63, 3.8) is 0 Å². The fourth-order valence-electron chi connectivity index (χ4n) is 0.726. The molecule has 0 aliphatic carbocycles. The van der Waals surface area contributed by atoms with Crippen LogP contribution < -0.4 is 5.73 Å². The Bertz CT molecular complexity index is 213. The fraction of sp³-hybridized carbons (Fsp3) is 0.286. The van der Waals surface area contributed by atoms with Crippen LogP contribution in [0.2, 0.25) is 0 Å². The molecule has 1 rings (SSSR count). The molecule has 0 amide bonds. The normalized spacial score (nSPS) is 13.5. The number of hydrogen-bond acceptors (Lipinski definition) is 4. The van der Waals surface area contributed by atoms with Crippen LogP contribution >= 0.6 is 0 Å². The molecule has 1 unspecified atom stereocenters. The smallest absolute Gasteiger partial charge is 0.172 e. The summed E-state index contributed by atoms with van der Waals surface area (Å²) in [6.07, 6.45) is 0.00213. The molecule has 1 atom stereocenters. The molecule has 1 heterocycles. The van der Waals surface area contributed by atoms with Gasteiger partial charge in [0.2, 0.25) is 0 Å². The highest BCUT2D eigenvalue weighted by Crippen LogP contribution is 2.07. The summed E-state index contributed by atoms with van der Waals surface area (Å²) in [6.45, 7) is 0. The molecule has 0 aliphatic rings.